The summed E-state index contributed by atoms with van der Waals surface area (Å²) in [4.78, 5) is 11.7. The first kappa shape index (κ1) is 16.9. The third-order valence-corrected chi connectivity index (χ3v) is 3.31. The number of amides is 1. The van der Waals surface area contributed by atoms with E-state index in [1.165, 1.54) is 12.1 Å². The first-order chi connectivity index (χ1) is 9.16. The van der Waals surface area contributed by atoms with E-state index >= 15 is 0 Å². The van der Waals surface area contributed by atoms with Gasteiger partial charge in [-0.15, -0.1) is 12.4 Å². The maximum absolute atomic E-state index is 13.4. The zero-order chi connectivity index (χ0) is 13.7. The molecular formula is C14H19ClF2N2O. The van der Waals surface area contributed by atoms with Crippen LogP contribution in [0.4, 0.5) is 8.78 Å². The van der Waals surface area contributed by atoms with Crippen LogP contribution in [0, 0.1) is 11.6 Å². The number of aryl methyl sites for hydroxylation is 1. The average molecular weight is 305 g/mol. The van der Waals surface area contributed by atoms with Crippen molar-refractivity contribution in [1.82, 2.24) is 10.6 Å². The molecule has 1 saturated heterocycles. The molecule has 0 aliphatic carbocycles. The van der Waals surface area contributed by atoms with E-state index in [0.29, 0.717) is 0 Å². The van der Waals surface area contributed by atoms with E-state index in [9.17, 15) is 13.6 Å². The lowest BCUT2D eigenvalue weighted by Crippen LogP contribution is -2.45. The summed E-state index contributed by atoms with van der Waals surface area (Å²) in [6.07, 6.45) is 2.41. The maximum atomic E-state index is 13.4. The summed E-state index contributed by atoms with van der Waals surface area (Å²) in [6.45, 7) is 1.76. The van der Waals surface area contributed by atoms with E-state index in [0.717, 1.165) is 32.0 Å². The second-order valence-corrected chi connectivity index (χ2v) is 4.82. The predicted molar refractivity (Wildman–Crippen MR) is 76.0 cm³/mol. The number of hydrogen-bond donors (Lipinski definition) is 2. The monoisotopic (exact) mass is 304 g/mol. The quantitative estimate of drug-likeness (QED) is 0.895. The lowest BCUT2D eigenvalue weighted by atomic mass is 10.1. The summed E-state index contributed by atoms with van der Waals surface area (Å²) in [7, 11) is 0. The molecule has 1 aliphatic heterocycles. The van der Waals surface area contributed by atoms with Crippen molar-refractivity contribution < 1.29 is 13.6 Å². The number of carbonyl (C=O) groups excluding carboxylic acids is 1. The zero-order valence-electron chi connectivity index (χ0n) is 11.1. The van der Waals surface area contributed by atoms with Gasteiger partial charge in [-0.25, -0.2) is 8.78 Å². The molecule has 20 heavy (non-hydrogen) atoms. The third kappa shape index (κ3) is 4.72. The van der Waals surface area contributed by atoms with Gasteiger partial charge in [0.25, 0.3) is 0 Å². The molecule has 2 N–H and O–H groups in total. The zero-order valence-corrected chi connectivity index (χ0v) is 11.9. The molecule has 1 aliphatic rings. The van der Waals surface area contributed by atoms with Crippen LogP contribution in [0.1, 0.15) is 24.8 Å². The van der Waals surface area contributed by atoms with E-state index in [-0.39, 0.29) is 42.8 Å². The maximum Gasteiger partial charge on any atom is 0.220 e. The average Bonchev–Trinajstić information content (AvgIpc) is 2.42. The molecule has 3 nitrogen and oxygen atoms in total. The minimum absolute atomic E-state index is 0. The van der Waals surface area contributed by atoms with Crippen LogP contribution >= 0.6 is 12.4 Å². The van der Waals surface area contributed by atoms with Gasteiger partial charge in [0.05, 0.1) is 0 Å². The highest BCUT2D eigenvalue weighted by Crippen LogP contribution is 2.13. The first-order valence-electron chi connectivity index (χ1n) is 6.60. The van der Waals surface area contributed by atoms with Crippen LogP contribution in [0.2, 0.25) is 0 Å². The molecule has 0 bridgehead atoms. The van der Waals surface area contributed by atoms with Crippen LogP contribution in [-0.2, 0) is 11.2 Å². The van der Waals surface area contributed by atoms with Crippen molar-refractivity contribution in [3.05, 3.63) is 35.4 Å². The normalized spacial score (nSPS) is 18.2. The smallest absolute Gasteiger partial charge is 0.220 e. The van der Waals surface area contributed by atoms with Crippen molar-refractivity contribution in [2.75, 3.05) is 13.1 Å². The van der Waals surface area contributed by atoms with Gasteiger partial charge in [0, 0.05) is 19.0 Å². The van der Waals surface area contributed by atoms with Crippen molar-refractivity contribution in [1.29, 1.82) is 0 Å². The molecule has 0 spiro atoms. The van der Waals surface area contributed by atoms with E-state index < -0.39 is 11.6 Å². The number of benzene rings is 1. The van der Waals surface area contributed by atoms with E-state index in [4.69, 9.17) is 0 Å². The van der Waals surface area contributed by atoms with Crippen LogP contribution in [0.25, 0.3) is 0 Å². The topological polar surface area (TPSA) is 41.1 Å². The summed E-state index contributed by atoms with van der Waals surface area (Å²) in [5.41, 5.74) is 0.247. The number of carbonyl (C=O) groups is 1. The fourth-order valence-electron chi connectivity index (χ4n) is 2.26. The van der Waals surface area contributed by atoms with Crippen molar-refractivity contribution in [2.45, 2.75) is 31.7 Å². The fourth-order valence-corrected chi connectivity index (χ4v) is 2.26. The van der Waals surface area contributed by atoms with Crippen LogP contribution < -0.4 is 10.6 Å². The van der Waals surface area contributed by atoms with Gasteiger partial charge < -0.3 is 10.6 Å². The second-order valence-electron chi connectivity index (χ2n) is 4.82. The number of nitrogens with one attached hydrogen (secondary N) is 2. The van der Waals surface area contributed by atoms with Crippen LogP contribution in [0.15, 0.2) is 18.2 Å². The minimum atomic E-state index is -0.866. The molecule has 1 aromatic carbocycles. The van der Waals surface area contributed by atoms with E-state index in [1.54, 1.807) is 0 Å². The number of hydrogen-bond acceptors (Lipinski definition) is 2. The fraction of sp³-hybridized carbons (Fsp3) is 0.500. The standard InChI is InChI=1S/C14H18F2N2O.ClH/c15-12-5-1-3-10(14(12)16)6-7-13(19)18-11-4-2-8-17-9-11;/h1,3,5,11,17H,2,4,6-9H2,(H,18,19);1H/t11-;/m0./s1. The van der Waals surface area contributed by atoms with Gasteiger partial charge >= 0.3 is 0 Å². The highest BCUT2D eigenvalue weighted by molar-refractivity contribution is 5.85. The predicted octanol–water partition coefficient (Wildman–Crippen LogP) is 2.19. The number of halogens is 3. The molecule has 1 atom stereocenters. The summed E-state index contributed by atoms with van der Waals surface area (Å²) in [5.74, 6) is -1.83. The van der Waals surface area contributed by atoms with Gasteiger partial charge in [-0.3, -0.25) is 4.79 Å². The number of piperidine rings is 1. The Morgan fingerprint density at radius 1 is 1.40 bits per heavy atom. The molecule has 2 rings (SSSR count). The van der Waals surface area contributed by atoms with Gasteiger partial charge in [-0.1, -0.05) is 12.1 Å². The van der Waals surface area contributed by atoms with E-state index in [2.05, 4.69) is 10.6 Å². The third-order valence-electron chi connectivity index (χ3n) is 3.31. The highest BCUT2D eigenvalue weighted by Gasteiger charge is 2.16. The molecule has 112 valence electrons. The minimum Gasteiger partial charge on any atom is -0.352 e. The van der Waals surface area contributed by atoms with Gasteiger partial charge in [0.15, 0.2) is 11.6 Å². The Balaban J connectivity index is 0.00000200. The van der Waals surface area contributed by atoms with Gasteiger partial charge in [-0.2, -0.15) is 0 Å². The summed E-state index contributed by atoms with van der Waals surface area (Å²) < 4.78 is 26.4. The van der Waals surface area contributed by atoms with Gasteiger partial charge in [-0.05, 0) is 37.4 Å². The van der Waals surface area contributed by atoms with Crippen molar-refractivity contribution in [3.63, 3.8) is 0 Å². The lowest BCUT2D eigenvalue weighted by Gasteiger charge is -2.23. The van der Waals surface area contributed by atoms with Crippen molar-refractivity contribution >= 4 is 18.3 Å². The van der Waals surface area contributed by atoms with E-state index in [1.807, 2.05) is 0 Å². The highest BCUT2D eigenvalue weighted by atomic mass is 35.5. The van der Waals surface area contributed by atoms with Crippen LogP contribution in [0.5, 0.6) is 0 Å². The molecule has 0 radical (unpaired) electrons. The van der Waals surface area contributed by atoms with Crippen molar-refractivity contribution in [2.24, 2.45) is 0 Å². The molecule has 1 heterocycles. The first-order valence-corrected chi connectivity index (χ1v) is 6.60. The SMILES string of the molecule is Cl.O=C(CCc1cccc(F)c1F)N[C@H]1CCCNC1. The Labute approximate surface area is 123 Å². The summed E-state index contributed by atoms with van der Waals surface area (Å²) in [5, 5.41) is 6.11. The number of rotatable bonds is 4. The Hall–Kier alpha value is -1.20. The lowest BCUT2D eigenvalue weighted by molar-refractivity contribution is -0.121. The van der Waals surface area contributed by atoms with Crippen LogP contribution in [-0.4, -0.2) is 25.0 Å². The Bertz CT molecular complexity index is 451. The summed E-state index contributed by atoms with van der Waals surface area (Å²) in [6, 6.07) is 4.19. The molecule has 1 fully saturated rings. The molecule has 0 unspecified atom stereocenters. The Morgan fingerprint density at radius 2 is 2.20 bits per heavy atom. The molecular weight excluding hydrogens is 286 g/mol. The van der Waals surface area contributed by atoms with Crippen molar-refractivity contribution in [3.8, 4) is 0 Å². The molecule has 6 heteroatoms. The second kappa shape index (κ2) is 8.17. The summed E-state index contributed by atoms with van der Waals surface area (Å²) >= 11 is 0. The Kier molecular flexibility index (Phi) is 6.88. The largest absolute Gasteiger partial charge is 0.352 e. The molecule has 1 amide bonds. The molecule has 0 saturated carbocycles. The Morgan fingerprint density at radius 3 is 2.90 bits per heavy atom. The molecule has 1 aromatic rings. The molecule has 0 aromatic heterocycles. The van der Waals surface area contributed by atoms with Gasteiger partial charge in [0.1, 0.15) is 0 Å². The van der Waals surface area contributed by atoms with Gasteiger partial charge in [0.2, 0.25) is 5.91 Å². The van der Waals surface area contributed by atoms with Crippen LogP contribution in [0.3, 0.4) is 0 Å².